The molecule has 14 nitrogen and oxygen atoms in total. The number of rotatable bonds is 11. The molecule has 1 saturated heterocycles. The molecule has 0 amide bonds. The first-order valence-corrected chi connectivity index (χ1v) is 14.7. The maximum Gasteiger partial charge on any atom is 0.303 e. The number of esters is 4. The number of nitrogens with zero attached hydrogens (tertiary/aromatic N) is 4. The SMILES string of the molecule is CC(=O)OC[C@H]1O[C@@H](Sc2nnc(-c3cn(-c4ccccc4)nc3CC(C)C)o2)[C@H](OC(C)=O)[C@@H](OC(C)=O)[C@H]1OC(C)=O. The second-order valence-electron chi connectivity index (χ2n) is 10.4. The van der Waals surface area contributed by atoms with Crippen molar-refractivity contribution in [3.05, 3.63) is 42.2 Å². The van der Waals surface area contributed by atoms with Gasteiger partial charge in [0.25, 0.3) is 11.1 Å². The molecule has 236 valence electrons. The minimum Gasteiger partial charge on any atom is -0.463 e. The molecule has 44 heavy (non-hydrogen) atoms. The van der Waals surface area contributed by atoms with Crippen molar-refractivity contribution in [1.29, 1.82) is 0 Å². The molecule has 1 aliphatic heterocycles. The first kappa shape index (κ1) is 32.7. The Morgan fingerprint density at radius 3 is 2.14 bits per heavy atom. The zero-order chi connectivity index (χ0) is 32.0. The fourth-order valence-electron chi connectivity index (χ4n) is 4.59. The highest BCUT2D eigenvalue weighted by Crippen LogP contribution is 2.38. The van der Waals surface area contributed by atoms with Crippen LogP contribution in [0.2, 0.25) is 0 Å². The van der Waals surface area contributed by atoms with Gasteiger partial charge < -0.3 is 28.1 Å². The van der Waals surface area contributed by atoms with E-state index in [-0.39, 0.29) is 17.7 Å². The minimum atomic E-state index is -1.31. The predicted molar refractivity (Wildman–Crippen MR) is 153 cm³/mol. The summed E-state index contributed by atoms with van der Waals surface area (Å²) in [5, 5.41) is 13.2. The Morgan fingerprint density at radius 2 is 1.52 bits per heavy atom. The third-order valence-corrected chi connectivity index (χ3v) is 7.19. The third-order valence-electron chi connectivity index (χ3n) is 6.22. The van der Waals surface area contributed by atoms with Gasteiger partial charge >= 0.3 is 23.9 Å². The van der Waals surface area contributed by atoms with Crippen LogP contribution in [-0.2, 0) is 49.3 Å². The van der Waals surface area contributed by atoms with Gasteiger partial charge in [-0.05, 0) is 36.2 Å². The Kier molecular flexibility index (Phi) is 10.8. The Morgan fingerprint density at radius 1 is 0.886 bits per heavy atom. The second kappa shape index (κ2) is 14.5. The summed E-state index contributed by atoms with van der Waals surface area (Å²) in [6.07, 6.45) is -2.48. The van der Waals surface area contributed by atoms with Crippen LogP contribution in [0.15, 0.2) is 46.2 Å². The van der Waals surface area contributed by atoms with E-state index in [0.29, 0.717) is 17.9 Å². The number of hydrogen-bond acceptors (Lipinski definition) is 14. The summed E-state index contributed by atoms with van der Waals surface area (Å²) in [5.74, 6) is -2.27. The number of para-hydroxylation sites is 1. The maximum absolute atomic E-state index is 12.1. The summed E-state index contributed by atoms with van der Waals surface area (Å²) >= 11 is 0.904. The molecule has 0 spiro atoms. The van der Waals surface area contributed by atoms with Crippen molar-refractivity contribution >= 4 is 35.6 Å². The van der Waals surface area contributed by atoms with Crippen LogP contribution >= 0.6 is 11.8 Å². The molecule has 4 rings (SSSR count). The molecule has 0 aliphatic carbocycles. The van der Waals surface area contributed by atoms with Crippen LogP contribution < -0.4 is 0 Å². The molecule has 2 aromatic heterocycles. The largest absolute Gasteiger partial charge is 0.463 e. The molecular formula is C29H34N4O10S. The Hall–Kier alpha value is -4.24. The summed E-state index contributed by atoms with van der Waals surface area (Å²) in [6.45, 7) is 8.49. The van der Waals surface area contributed by atoms with Crippen LogP contribution in [0.3, 0.4) is 0 Å². The zero-order valence-electron chi connectivity index (χ0n) is 25.1. The molecule has 1 aliphatic rings. The van der Waals surface area contributed by atoms with Crippen LogP contribution in [0.4, 0.5) is 0 Å². The van der Waals surface area contributed by atoms with Crippen molar-refractivity contribution < 1.29 is 47.3 Å². The average molecular weight is 631 g/mol. The van der Waals surface area contributed by atoms with Crippen molar-refractivity contribution in [2.75, 3.05) is 6.61 Å². The highest BCUT2D eigenvalue weighted by molar-refractivity contribution is 7.99. The van der Waals surface area contributed by atoms with Crippen molar-refractivity contribution in [2.24, 2.45) is 5.92 Å². The average Bonchev–Trinajstić information content (AvgIpc) is 3.57. The molecule has 5 atom stereocenters. The number of carbonyl (C=O) groups is 4. The van der Waals surface area contributed by atoms with Gasteiger partial charge in [-0.1, -0.05) is 32.0 Å². The van der Waals surface area contributed by atoms with Crippen LogP contribution in [0.1, 0.15) is 47.2 Å². The highest BCUT2D eigenvalue weighted by Gasteiger charge is 2.53. The van der Waals surface area contributed by atoms with E-state index in [1.807, 2.05) is 36.5 Å². The van der Waals surface area contributed by atoms with Gasteiger partial charge in [-0.2, -0.15) is 5.10 Å². The third kappa shape index (κ3) is 8.44. The number of benzene rings is 1. The Balaban J connectivity index is 1.68. The number of carbonyl (C=O) groups excluding carboxylic acids is 4. The fraction of sp³-hybridized carbons (Fsp3) is 0.483. The van der Waals surface area contributed by atoms with E-state index in [0.717, 1.165) is 37.0 Å². The van der Waals surface area contributed by atoms with Gasteiger partial charge in [-0.3, -0.25) is 19.2 Å². The van der Waals surface area contributed by atoms with Crippen molar-refractivity contribution in [2.45, 2.75) is 83.0 Å². The van der Waals surface area contributed by atoms with Crippen molar-refractivity contribution in [1.82, 2.24) is 20.0 Å². The summed E-state index contributed by atoms with van der Waals surface area (Å²) < 4.78 is 35.4. The summed E-state index contributed by atoms with van der Waals surface area (Å²) in [4.78, 5) is 47.8. The van der Waals surface area contributed by atoms with Crippen LogP contribution in [-0.4, -0.2) is 80.3 Å². The predicted octanol–water partition coefficient (Wildman–Crippen LogP) is 3.30. The lowest BCUT2D eigenvalue weighted by atomic mass is 9.99. The summed E-state index contributed by atoms with van der Waals surface area (Å²) in [7, 11) is 0. The van der Waals surface area contributed by atoms with Gasteiger partial charge in [0, 0.05) is 33.9 Å². The normalized spacial score (nSPS) is 21.5. The summed E-state index contributed by atoms with van der Waals surface area (Å²) in [6, 6.07) is 9.59. The van der Waals surface area contributed by atoms with Gasteiger partial charge in [-0.25, -0.2) is 4.68 Å². The van der Waals surface area contributed by atoms with Gasteiger partial charge in [-0.15, -0.1) is 10.2 Å². The topological polar surface area (TPSA) is 171 Å². The lowest BCUT2D eigenvalue weighted by molar-refractivity contribution is -0.237. The van der Waals surface area contributed by atoms with Crippen LogP contribution in [0.5, 0.6) is 0 Å². The van der Waals surface area contributed by atoms with E-state index < -0.39 is 53.7 Å². The van der Waals surface area contributed by atoms with E-state index >= 15 is 0 Å². The second-order valence-corrected chi connectivity index (χ2v) is 11.5. The molecule has 0 radical (unpaired) electrons. The molecule has 0 unspecified atom stereocenters. The number of hydrogen-bond donors (Lipinski definition) is 0. The standard InChI is InChI=1S/C29H34N4O10S/c1-15(2)12-22-21(13-33(32-22)20-10-8-7-9-11-20)27-30-31-29(43-27)44-28-26(41-19(6)37)25(40-18(5)36)24(39-17(4)35)23(42-28)14-38-16(3)34/h7-11,13,15,23-26,28H,12,14H2,1-6H3/t23-,24+,25+,26-,28+/m1/s1. The highest BCUT2D eigenvalue weighted by atomic mass is 32.2. The van der Waals surface area contributed by atoms with Gasteiger partial charge in [0.1, 0.15) is 12.7 Å². The Labute approximate surface area is 257 Å². The molecule has 1 fully saturated rings. The molecule has 3 aromatic rings. The van der Waals surface area contributed by atoms with Crippen LogP contribution in [0.25, 0.3) is 17.1 Å². The number of thioether (sulfide) groups is 1. The molecule has 0 saturated carbocycles. The monoisotopic (exact) mass is 630 g/mol. The molecular weight excluding hydrogens is 596 g/mol. The molecule has 0 bridgehead atoms. The van der Waals surface area contributed by atoms with Gasteiger partial charge in [0.15, 0.2) is 23.7 Å². The number of aromatic nitrogens is 4. The van der Waals surface area contributed by atoms with E-state index in [1.165, 1.54) is 13.8 Å². The molecule has 1 aromatic carbocycles. The van der Waals surface area contributed by atoms with E-state index in [9.17, 15) is 19.2 Å². The molecule has 0 N–H and O–H groups in total. The van der Waals surface area contributed by atoms with E-state index in [4.69, 9.17) is 33.2 Å². The first-order valence-electron chi connectivity index (χ1n) is 13.9. The Bertz CT molecular complexity index is 1470. The van der Waals surface area contributed by atoms with Crippen LogP contribution in [0, 0.1) is 5.92 Å². The van der Waals surface area contributed by atoms with Gasteiger partial charge in [0.2, 0.25) is 0 Å². The quantitative estimate of drug-likeness (QED) is 0.223. The molecule has 3 heterocycles. The maximum atomic E-state index is 12.1. The zero-order valence-corrected chi connectivity index (χ0v) is 25.9. The van der Waals surface area contributed by atoms with Crippen molar-refractivity contribution in [3.63, 3.8) is 0 Å². The van der Waals surface area contributed by atoms with Gasteiger partial charge in [0.05, 0.1) is 16.9 Å². The lowest BCUT2D eigenvalue weighted by Crippen LogP contribution is -2.61. The van der Waals surface area contributed by atoms with E-state index in [2.05, 4.69) is 24.0 Å². The van der Waals surface area contributed by atoms with E-state index in [1.54, 1.807) is 4.68 Å². The lowest BCUT2D eigenvalue weighted by Gasteiger charge is -2.43. The molecule has 15 heteroatoms. The minimum absolute atomic E-state index is 0.0452. The first-order chi connectivity index (χ1) is 20.9. The number of ether oxygens (including phenoxy) is 5. The summed E-state index contributed by atoms with van der Waals surface area (Å²) in [5.41, 5.74) is 1.15. The smallest absolute Gasteiger partial charge is 0.303 e. The fourth-order valence-corrected chi connectivity index (χ4v) is 5.54. The van der Waals surface area contributed by atoms with Crippen molar-refractivity contribution in [3.8, 4) is 17.1 Å².